The molecule has 1 N–H and O–H groups in total. The zero-order chi connectivity index (χ0) is 17.3. The smallest absolute Gasteiger partial charge is 0.348 e. The summed E-state index contributed by atoms with van der Waals surface area (Å²) in [6.07, 6.45) is 3.11. The maximum Gasteiger partial charge on any atom is 0.348 e. The fraction of sp³-hybridized carbons (Fsp3) is 0.375. The number of oxazole rings is 1. The summed E-state index contributed by atoms with van der Waals surface area (Å²) in [6, 6.07) is 0. The number of ether oxygens (including phenoxy) is 1. The molecule has 3 aromatic heterocycles. The SMILES string of the molecule is CCCc1nc(-c2nc3sc(C(=O)OCC)c(C)c3c(=O)[nH]2)co1. The van der Waals surface area contributed by atoms with Crippen LogP contribution in [0.2, 0.25) is 0 Å². The summed E-state index contributed by atoms with van der Waals surface area (Å²) < 4.78 is 10.4. The Balaban J connectivity index is 2.09. The highest BCUT2D eigenvalue weighted by atomic mass is 32.1. The first-order valence-electron chi connectivity index (χ1n) is 7.70. The summed E-state index contributed by atoms with van der Waals surface area (Å²) in [5.74, 6) is 0.491. The summed E-state index contributed by atoms with van der Waals surface area (Å²) in [5, 5.41) is 0.407. The number of H-pyrrole nitrogens is 1. The fourth-order valence-corrected chi connectivity index (χ4v) is 3.48. The highest BCUT2D eigenvalue weighted by Gasteiger charge is 2.21. The average Bonchev–Trinajstić information content (AvgIpc) is 3.13. The van der Waals surface area contributed by atoms with Crippen molar-refractivity contribution in [2.75, 3.05) is 6.61 Å². The molecule has 0 aliphatic carbocycles. The lowest BCUT2D eigenvalue weighted by molar-refractivity contribution is 0.0531. The van der Waals surface area contributed by atoms with E-state index < -0.39 is 5.97 Å². The molecule has 0 fully saturated rings. The molecule has 7 nitrogen and oxygen atoms in total. The van der Waals surface area contributed by atoms with Crippen molar-refractivity contribution in [3.05, 3.63) is 32.9 Å². The first-order chi connectivity index (χ1) is 11.5. The van der Waals surface area contributed by atoms with Crippen molar-refractivity contribution in [2.45, 2.75) is 33.6 Å². The van der Waals surface area contributed by atoms with Crippen LogP contribution < -0.4 is 5.56 Å². The standard InChI is InChI=1S/C16H17N3O4S/c1-4-6-10-17-9(7-23-10)13-18-14(20)11-8(3)12(16(21)22-5-2)24-15(11)19-13/h7H,4-6H2,1-3H3,(H,18,19,20). The summed E-state index contributed by atoms with van der Waals surface area (Å²) in [5.41, 5.74) is 0.751. The number of fused-ring (bicyclic) bond motifs is 1. The van der Waals surface area contributed by atoms with E-state index in [2.05, 4.69) is 15.0 Å². The van der Waals surface area contributed by atoms with Crippen molar-refractivity contribution in [1.29, 1.82) is 0 Å². The van der Waals surface area contributed by atoms with Gasteiger partial charge in [-0.05, 0) is 25.8 Å². The van der Waals surface area contributed by atoms with Crippen LogP contribution in [0.5, 0.6) is 0 Å². The van der Waals surface area contributed by atoms with Gasteiger partial charge >= 0.3 is 5.97 Å². The van der Waals surface area contributed by atoms with E-state index in [4.69, 9.17) is 9.15 Å². The van der Waals surface area contributed by atoms with Gasteiger partial charge in [-0.2, -0.15) is 0 Å². The van der Waals surface area contributed by atoms with Gasteiger partial charge < -0.3 is 14.1 Å². The van der Waals surface area contributed by atoms with E-state index in [1.165, 1.54) is 6.26 Å². The Morgan fingerprint density at radius 3 is 2.88 bits per heavy atom. The third-order valence-corrected chi connectivity index (χ3v) is 4.69. The number of hydrogen-bond donors (Lipinski definition) is 1. The molecule has 24 heavy (non-hydrogen) atoms. The van der Waals surface area contributed by atoms with E-state index in [-0.39, 0.29) is 12.2 Å². The lowest BCUT2D eigenvalue weighted by Gasteiger charge is -1.98. The van der Waals surface area contributed by atoms with Gasteiger partial charge in [0.15, 0.2) is 11.7 Å². The Bertz CT molecular complexity index is 954. The third-order valence-electron chi connectivity index (χ3n) is 3.52. The van der Waals surface area contributed by atoms with Crippen molar-refractivity contribution in [1.82, 2.24) is 15.0 Å². The molecule has 0 bridgehead atoms. The van der Waals surface area contributed by atoms with Gasteiger partial charge in [0, 0.05) is 6.42 Å². The number of nitrogens with one attached hydrogen (secondary N) is 1. The molecule has 0 unspecified atom stereocenters. The lowest BCUT2D eigenvalue weighted by atomic mass is 10.2. The second-order valence-electron chi connectivity index (χ2n) is 5.25. The second-order valence-corrected chi connectivity index (χ2v) is 6.25. The molecule has 0 atom stereocenters. The number of carbonyl (C=O) groups excluding carboxylic acids is 1. The number of nitrogens with zero attached hydrogens (tertiary/aromatic N) is 2. The van der Waals surface area contributed by atoms with Gasteiger partial charge in [0.05, 0.1) is 12.0 Å². The highest BCUT2D eigenvalue weighted by molar-refractivity contribution is 7.20. The molecule has 0 saturated carbocycles. The summed E-state index contributed by atoms with van der Waals surface area (Å²) >= 11 is 1.15. The van der Waals surface area contributed by atoms with Crippen LogP contribution in [-0.4, -0.2) is 27.5 Å². The number of hydrogen-bond acceptors (Lipinski definition) is 7. The van der Waals surface area contributed by atoms with Gasteiger partial charge in [-0.15, -0.1) is 11.3 Å². The van der Waals surface area contributed by atoms with E-state index in [1.807, 2.05) is 6.92 Å². The number of aromatic amines is 1. The lowest BCUT2D eigenvalue weighted by Crippen LogP contribution is -2.10. The van der Waals surface area contributed by atoms with Gasteiger partial charge in [-0.25, -0.2) is 14.8 Å². The zero-order valence-electron chi connectivity index (χ0n) is 13.6. The number of rotatable bonds is 5. The molecule has 0 spiro atoms. The zero-order valence-corrected chi connectivity index (χ0v) is 14.5. The van der Waals surface area contributed by atoms with Crippen molar-refractivity contribution in [2.24, 2.45) is 0 Å². The van der Waals surface area contributed by atoms with Gasteiger partial charge in [-0.3, -0.25) is 4.79 Å². The molecule has 0 radical (unpaired) electrons. The molecule has 0 aromatic carbocycles. The van der Waals surface area contributed by atoms with Crippen LogP contribution in [0.1, 0.15) is 41.4 Å². The monoisotopic (exact) mass is 347 g/mol. The Labute approximate surface area is 141 Å². The van der Waals surface area contributed by atoms with Crippen LogP contribution in [0.3, 0.4) is 0 Å². The number of carbonyl (C=O) groups is 1. The fourth-order valence-electron chi connectivity index (χ4n) is 2.40. The highest BCUT2D eigenvalue weighted by Crippen LogP contribution is 2.29. The number of esters is 1. The number of aromatic nitrogens is 3. The first kappa shape index (κ1) is 16.4. The quantitative estimate of drug-likeness (QED) is 0.712. The van der Waals surface area contributed by atoms with Crippen LogP contribution in [0.25, 0.3) is 21.7 Å². The van der Waals surface area contributed by atoms with Crippen LogP contribution in [0, 0.1) is 6.92 Å². The minimum atomic E-state index is -0.439. The third kappa shape index (κ3) is 2.84. The van der Waals surface area contributed by atoms with E-state index in [1.54, 1.807) is 13.8 Å². The topological polar surface area (TPSA) is 98.1 Å². The van der Waals surface area contributed by atoms with Crippen LogP contribution >= 0.6 is 11.3 Å². The Morgan fingerprint density at radius 2 is 2.17 bits per heavy atom. The molecule has 3 aromatic rings. The van der Waals surface area contributed by atoms with Crippen molar-refractivity contribution in [3.8, 4) is 11.5 Å². The Hall–Kier alpha value is -2.48. The molecule has 0 aliphatic rings. The molecule has 3 heterocycles. The van der Waals surface area contributed by atoms with Crippen molar-refractivity contribution in [3.63, 3.8) is 0 Å². The molecule has 126 valence electrons. The number of aryl methyl sites for hydroxylation is 2. The summed E-state index contributed by atoms with van der Waals surface area (Å²) in [4.78, 5) is 36.8. The minimum Gasteiger partial charge on any atom is -0.462 e. The Kier molecular flexibility index (Phi) is 4.48. The van der Waals surface area contributed by atoms with Crippen LogP contribution in [0.4, 0.5) is 0 Å². The molecule has 0 aliphatic heterocycles. The minimum absolute atomic E-state index is 0.278. The van der Waals surface area contributed by atoms with Crippen molar-refractivity contribution < 1.29 is 13.9 Å². The van der Waals surface area contributed by atoms with E-state index in [9.17, 15) is 9.59 Å². The van der Waals surface area contributed by atoms with Crippen LogP contribution in [0.15, 0.2) is 15.5 Å². The molecular weight excluding hydrogens is 330 g/mol. The molecule has 3 rings (SSSR count). The maximum atomic E-state index is 12.4. The van der Waals surface area contributed by atoms with Gasteiger partial charge in [-0.1, -0.05) is 6.92 Å². The largest absolute Gasteiger partial charge is 0.462 e. The maximum absolute atomic E-state index is 12.4. The molecular formula is C16H17N3O4S. The van der Waals surface area contributed by atoms with Crippen LogP contribution in [-0.2, 0) is 11.2 Å². The van der Waals surface area contributed by atoms with Gasteiger partial charge in [0.25, 0.3) is 5.56 Å². The Morgan fingerprint density at radius 1 is 1.38 bits per heavy atom. The first-order valence-corrected chi connectivity index (χ1v) is 8.52. The van der Waals surface area contributed by atoms with E-state index >= 15 is 0 Å². The van der Waals surface area contributed by atoms with Gasteiger partial charge in [0.1, 0.15) is 21.7 Å². The molecule has 0 amide bonds. The summed E-state index contributed by atoms with van der Waals surface area (Å²) in [6.45, 7) is 5.77. The average molecular weight is 347 g/mol. The predicted molar refractivity (Wildman–Crippen MR) is 90.4 cm³/mol. The predicted octanol–water partition coefficient (Wildman–Crippen LogP) is 3.08. The number of thiophene rings is 1. The van der Waals surface area contributed by atoms with Gasteiger partial charge in [0.2, 0.25) is 0 Å². The van der Waals surface area contributed by atoms with E-state index in [0.717, 1.165) is 24.2 Å². The molecule has 0 saturated heterocycles. The summed E-state index contributed by atoms with van der Waals surface area (Å²) in [7, 11) is 0. The van der Waals surface area contributed by atoms with E-state index in [0.29, 0.717) is 38.1 Å². The van der Waals surface area contributed by atoms with Crippen molar-refractivity contribution >= 4 is 27.5 Å². The normalized spacial score (nSPS) is 11.1. The second kappa shape index (κ2) is 6.56. The molecule has 8 heteroatoms.